The summed E-state index contributed by atoms with van der Waals surface area (Å²) in [4.78, 5) is 25.7. The average Bonchev–Trinajstić information content (AvgIpc) is 2.63. The van der Waals surface area contributed by atoms with Crippen molar-refractivity contribution in [3.63, 3.8) is 0 Å². The molecule has 4 nitrogen and oxygen atoms in total. The van der Waals surface area contributed by atoms with Crippen molar-refractivity contribution < 1.29 is 14.7 Å². The minimum Gasteiger partial charge on any atom is -0.395 e. The first-order chi connectivity index (χ1) is 11.6. The normalized spacial score (nSPS) is 10.4. The zero-order chi connectivity index (χ0) is 17.4. The summed E-state index contributed by atoms with van der Waals surface area (Å²) in [5.41, 5.74) is 2.56. The predicted octanol–water partition coefficient (Wildman–Crippen LogP) is 2.84. The number of amides is 1. The van der Waals surface area contributed by atoms with Crippen molar-refractivity contribution in [3.8, 4) is 0 Å². The predicted molar refractivity (Wildman–Crippen MR) is 93.7 cm³/mol. The van der Waals surface area contributed by atoms with Crippen LogP contribution >= 0.6 is 0 Å². The van der Waals surface area contributed by atoms with E-state index in [9.17, 15) is 14.7 Å². The Morgan fingerprint density at radius 3 is 2.17 bits per heavy atom. The first-order valence-electron chi connectivity index (χ1n) is 8.18. The van der Waals surface area contributed by atoms with Gasteiger partial charge in [0.05, 0.1) is 6.61 Å². The lowest BCUT2D eigenvalue weighted by Crippen LogP contribution is -2.33. The molecular weight excluding hydrogens is 302 g/mol. The molecule has 1 amide bonds. The summed E-state index contributed by atoms with van der Waals surface area (Å²) in [6.45, 7) is 2.49. The molecule has 0 fully saturated rings. The quantitative estimate of drug-likeness (QED) is 0.812. The van der Waals surface area contributed by atoms with Crippen molar-refractivity contribution in [2.75, 3.05) is 13.2 Å². The van der Waals surface area contributed by atoms with Gasteiger partial charge in [-0.2, -0.15) is 0 Å². The summed E-state index contributed by atoms with van der Waals surface area (Å²) in [7, 11) is 0. The van der Waals surface area contributed by atoms with Crippen molar-refractivity contribution in [1.29, 1.82) is 0 Å². The summed E-state index contributed by atoms with van der Waals surface area (Å²) >= 11 is 0. The van der Waals surface area contributed by atoms with Crippen molar-refractivity contribution >= 4 is 11.7 Å². The molecule has 1 N–H and O–H groups in total. The Morgan fingerprint density at radius 2 is 1.58 bits per heavy atom. The van der Waals surface area contributed by atoms with Crippen LogP contribution in [0.1, 0.15) is 34.8 Å². The van der Waals surface area contributed by atoms with Gasteiger partial charge in [0.25, 0.3) is 5.91 Å². The van der Waals surface area contributed by atoms with Gasteiger partial charge in [-0.25, -0.2) is 0 Å². The van der Waals surface area contributed by atoms with Crippen LogP contribution in [-0.4, -0.2) is 34.8 Å². The van der Waals surface area contributed by atoms with Crippen LogP contribution in [0, 0.1) is 0 Å². The van der Waals surface area contributed by atoms with Crippen LogP contribution in [0.5, 0.6) is 0 Å². The molecule has 0 aliphatic heterocycles. The zero-order valence-electron chi connectivity index (χ0n) is 13.9. The Morgan fingerprint density at radius 1 is 0.958 bits per heavy atom. The van der Waals surface area contributed by atoms with Gasteiger partial charge in [0, 0.05) is 31.5 Å². The van der Waals surface area contributed by atoms with Crippen LogP contribution < -0.4 is 0 Å². The molecule has 0 spiro atoms. The van der Waals surface area contributed by atoms with Crippen molar-refractivity contribution in [2.24, 2.45) is 0 Å². The number of carbonyl (C=O) groups excluding carboxylic acids is 2. The highest BCUT2D eigenvalue weighted by Crippen LogP contribution is 2.12. The number of nitrogens with zero attached hydrogens (tertiary/aromatic N) is 1. The fraction of sp³-hybridized carbons (Fsp3) is 0.300. The Balaban J connectivity index is 2.07. The van der Waals surface area contributed by atoms with Crippen LogP contribution in [0.25, 0.3) is 0 Å². The Hall–Kier alpha value is -2.46. The largest absolute Gasteiger partial charge is 0.395 e. The molecule has 126 valence electrons. The lowest BCUT2D eigenvalue weighted by atomic mass is 10.1. The van der Waals surface area contributed by atoms with Crippen molar-refractivity contribution in [1.82, 2.24) is 4.90 Å². The molecule has 0 heterocycles. The maximum absolute atomic E-state index is 12.6. The van der Waals surface area contributed by atoms with E-state index in [-0.39, 0.29) is 24.8 Å². The molecule has 0 saturated heterocycles. The van der Waals surface area contributed by atoms with E-state index in [1.165, 1.54) is 0 Å². The van der Waals surface area contributed by atoms with E-state index >= 15 is 0 Å². The average molecular weight is 325 g/mol. The topological polar surface area (TPSA) is 57.6 Å². The number of aliphatic hydroxyl groups excluding tert-OH is 1. The highest BCUT2D eigenvalue weighted by molar-refractivity contribution is 5.94. The smallest absolute Gasteiger partial charge is 0.254 e. The third-order valence-corrected chi connectivity index (χ3v) is 3.87. The molecule has 0 saturated carbocycles. The molecule has 24 heavy (non-hydrogen) atoms. The highest BCUT2D eigenvalue weighted by Gasteiger charge is 2.15. The molecule has 0 bridgehead atoms. The number of hydrogen-bond donors (Lipinski definition) is 1. The Bertz CT molecular complexity index is 665. The lowest BCUT2D eigenvalue weighted by molar-refractivity contribution is -0.118. The second-order valence-corrected chi connectivity index (χ2v) is 5.70. The number of hydrogen-bond acceptors (Lipinski definition) is 3. The van der Waals surface area contributed by atoms with Gasteiger partial charge in [0.2, 0.25) is 0 Å². The molecule has 2 aromatic carbocycles. The number of rotatable bonds is 8. The van der Waals surface area contributed by atoms with Crippen molar-refractivity contribution in [2.45, 2.75) is 26.3 Å². The van der Waals surface area contributed by atoms with E-state index in [0.29, 0.717) is 24.9 Å². The summed E-state index contributed by atoms with van der Waals surface area (Å²) in [6.07, 6.45) is 0.984. The van der Waals surface area contributed by atoms with Crippen LogP contribution in [0.15, 0.2) is 54.6 Å². The molecular formula is C20H23NO3. The molecule has 2 rings (SSSR count). The van der Waals surface area contributed by atoms with E-state index in [0.717, 1.165) is 11.1 Å². The van der Waals surface area contributed by atoms with E-state index < -0.39 is 0 Å². The van der Waals surface area contributed by atoms with Crippen LogP contribution in [0.2, 0.25) is 0 Å². The maximum Gasteiger partial charge on any atom is 0.254 e. The number of ketones is 1. The Kier molecular flexibility index (Phi) is 6.70. The summed E-state index contributed by atoms with van der Waals surface area (Å²) < 4.78 is 0. The standard InChI is InChI=1S/C20H23NO3/c1-2-19(23)14-16-8-10-17(11-9-16)15-21(12-13-22)20(24)18-6-4-3-5-7-18/h3-11,22H,2,12-15H2,1H3. The second kappa shape index (κ2) is 8.99. The van der Waals surface area contributed by atoms with Gasteiger partial charge in [0.1, 0.15) is 5.78 Å². The number of carbonyl (C=O) groups is 2. The molecule has 0 unspecified atom stereocenters. The molecule has 4 heteroatoms. The van der Waals surface area contributed by atoms with Gasteiger partial charge in [0.15, 0.2) is 0 Å². The van der Waals surface area contributed by atoms with Crippen LogP contribution in [0.4, 0.5) is 0 Å². The van der Waals surface area contributed by atoms with E-state index in [2.05, 4.69) is 0 Å². The number of Topliss-reactive ketones (excluding diaryl/α,β-unsaturated/α-hetero) is 1. The van der Waals surface area contributed by atoms with Crippen molar-refractivity contribution in [3.05, 3.63) is 71.3 Å². The fourth-order valence-electron chi connectivity index (χ4n) is 2.47. The van der Waals surface area contributed by atoms with Gasteiger partial charge in [-0.3, -0.25) is 9.59 Å². The molecule has 0 aliphatic carbocycles. The third kappa shape index (κ3) is 5.03. The SMILES string of the molecule is CCC(=O)Cc1ccc(CN(CCO)C(=O)c2ccccc2)cc1. The second-order valence-electron chi connectivity index (χ2n) is 5.70. The first-order valence-corrected chi connectivity index (χ1v) is 8.18. The molecule has 0 radical (unpaired) electrons. The lowest BCUT2D eigenvalue weighted by Gasteiger charge is -2.22. The maximum atomic E-state index is 12.6. The zero-order valence-corrected chi connectivity index (χ0v) is 13.9. The monoisotopic (exact) mass is 325 g/mol. The van der Waals surface area contributed by atoms with Gasteiger partial charge < -0.3 is 10.0 Å². The molecule has 0 aliphatic rings. The van der Waals surface area contributed by atoms with Gasteiger partial charge in [-0.15, -0.1) is 0 Å². The number of aliphatic hydroxyl groups is 1. The summed E-state index contributed by atoms with van der Waals surface area (Å²) in [5.74, 6) is 0.110. The van der Waals surface area contributed by atoms with Crippen LogP contribution in [0.3, 0.4) is 0 Å². The molecule has 0 atom stereocenters. The minimum absolute atomic E-state index is 0.0817. The fourth-order valence-corrected chi connectivity index (χ4v) is 2.47. The highest BCUT2D eigenvalue weighted by atomic mass is 16.3. The molecule has 2 aromatic rings. The molecule has 0 aromatic heterocycles. The van der Waals surface area contributed by atoms with Gasteiger partial charge >= 0.3 is 0 Å². The summed E-state index contributed by atoms with van der Waals surface area (Å²) in [6, 6.07) is 16.8. The first kappa shape index (κ1) is 17.9. The third-order valence-electron chi connectivity index (χ3n) is 3.87. The van der Waals surface area contributed by atoms with E-state index in [1.807, 2.05) is 49.4 Å². The van der Waals surface area contributed by atoms with Gasteiger partial charge in [-0.05, 0) is 23.3 Å². The minimum atomic E-state index is -0.102. The van der Waals surface area contributed by atoms with Crippen LogP contribution in [-0.2, 0) is 17.8 Å². The summed E-state index contributed by atoms with van der Waals surface area (Å²) in [5, 5.41) is 9.25. The van der Waals surface area contributed by atoms with E-state index in [1.54, 1.807) is 17.0 Å². The Labute approximate surface area is 142 Å². The number of benzene rings is 2. The van der Waals surface area contributed by atoms with E-state index in [4.69, 9.17) is 0 Å². The van der Waals surface area contributed by atoms with Gasteiger partial charge in [-0.1, -0.05) is 49.4 Å².